The van der Waals surface area contributed by atoms with E-state index in [0.717, 1.165) is 19.3 Å². The Labute approximate surface area is 179 Å². The van der Waals surface area contributed by atoms with Crippen LogP contribution in [0.15, 0.2) is 0 Å². The van der Waals surface area contributed by atoms with Crippen LogP contribution in [0, 0.1) is 11.8 Å². The summed E-state index contributed by atoms with van der Waals surface area (Å²) in [6.45, 7) is 8.33. The first-order chi connectivity index (χ1) is 14.3. The number of rotatable bonds is 10. The number of hydrogen-bond acceptors (Lipinski definition) is 5. The molecular formula is C22H37N3O5. The summed E-state index contributed by atoms with van der Waals surface area (Å²) in [6.07, 6.45) is 4.41. The molecule has 3 rings (SSSR count). The lowest BCUT2D eigenvalue weighted by molar-refractivity contribution is -0.148. The molecule has 8 nitrogen and oxygen atoms in total. The third-order valence-electron chi connectivity index (χ3n) is 7.21. The van der Waals surface area contributed by atoms with Crippen LogP contribution in [0.4, 0.5) is 0 Å². The van der Waals surface area contributed by atoms with E-state index in [-0.39, 0.29) is 36.9 Å². The van der Waals surface area contributed by atoms with E-state index in [1.165, 1.54) is 4.90 Å². The Morgan fingerprint density at radius 2 is 1.97 bits per heavy atom. The molecule has 1 spiro atoms. The minimum atomic E-state index is -1.01. The quantitative estimate of drug-likeness (QED) is 0.485. The Bertz CT molecular complexity index is 686. The Morgan fingerprint density at radius 3 is 2.57 bits per heavy atom. The summed E-state index contributed by atoms with van der Waals surface area (Å²) in [5.74, 6) is -1.96. The standard InChI is InChI=1S/C22H37N3O5/c1-5-8-14(4)24-19(28)17-22-10-9-21(7-3,30-22)15(18(27)23-11-6-2)16(22)20(29)25(17)12-13-26/h14-17,26H,5-13H2,1-4H3,(H,23,27)(H,24,28)/t14?,15-,16-,17?,21+,22?/m0/s1. The van der Waals surface area contributed by atoms with Gasteiger partial charge in [0.15, 0.2) is 0 Å². The van der Waals surface area contributed by atoms with E-state index in [1.54, 1.807) is 0 Å². The molecule has 3 saturated heterocycles. The van der Waals surface area contributed by atoms with Gasteiger partial charge in [-0.05, 0) is 39.0 Å². The monoisotopic (exact) mass is 423 g/mol. The summed E-state index contributed by atoms with van der Waals surface area (Å²) in [5, 5.41) is 15.6. The first-order valence-corrected chi connectivity index (χ1v) is 11.5. The van der Waals surface area contributed by atoms with Crippen molar-refractivity contribution >= 4 is 17.7 Å². The van der Waals surface area contributed by atoms with Crippen LogP contribution in [-0.4, -0.2) is 70.7 Å². The van der Waals surface area contributed by atoms with Gasteiger partial charge >= 0.3 is 0 Å². The zero-order chi connectivity index (χ0) is 22.1. The molecule has 3 N–H and O–H groups in total. The van der Waals surface area contributed by atoms with Crippen molar-refractivity contribution in [2.45, 2.75) is 89.5 Å². The lowest BCUT2D eigenvalue weighted by Crippen LogP contribution is -2.57. The van der Waals surface area contributed by atoms with Crippen LogP contribution in [0.5, 0.6) is 0 Å². The molecule has 3 amide bonds. The topological polar surface area (TPSA) is 108 Å². The van der Waals surface area contributed by atoms with Crippen LogP contribution in [0.3, 0.4) is 0 Å². The smallest absolute Gasteiger partial charge is 0.246 e. The summed E-state index contributed by atoms with van der Waals surface area (Å²) < 4.78 is 6.59. The van der Waals surface area contributed by atoms with Gasteiger partial charge in [0, 0.05) is 19.1 Å². The van der Waals surface area contributed by atoms with E-state index in [1.807, 2.05) is 20.8 Å². The second-order valence-corrected chi connectivity index (χ2v) is 9.08. The van der Waals surface area contributed by atoms with Gasteiger partial charge in [0.05, 0.1) is 24.0 Å². The summed E-state index contributed by atoms with van der Waals surface area (Å²) >= 11 is 0. The highest BCUT2D eigenvalue weighted by Crippen LogP contribution is 2.64. The van der Waals surface area contributed by atoms with Gasteiger partial charge in [-0.15, -0.1) is 0 Å². The maximum absolute atomic E-state index is 13.5. The van der Waals surface area contributed by atoms with Crippen LogP contribution in [0.1, 0.15) is 66.2 Å². The van der Waals surface area contributed by atoms with Gasteiger partial charge in [-0.3, -0.25) is 14.4 Å². The predicted octanol–water partition coefficient (Wildman–Crippen LogP) is 0.965. The number of ether oxygens (including phenoxy) is 1. The van der Waals surface area contributed by atoms with Gasteiger partial charge in [-0.2, -0.15) is 0 Å². The fourth-order valence-electron chi connectivity index (χ4n) is 5.95. The van der Waals surface area contributed by atoms with E-state index in [9.17, 15) is 19.5 Å². The predicted molar refractivity (Wildman–Crippen MR) is 111 cm³/mol. The van der Waals surface area contributed by atoms with Crippen molar-refractivity contribution in [3.05, 3.63) is 0 Å². The van der Waals surface area contributed by atoms with E-state index in [4.69, 9.17) is 4.74 Å². The molecule has 3 fully saturated rings. The first kappa shape index (κ1) is 23.0. The maximum Gasteiger partial charge on any atom is 0.246 e. The van der Waals surface area contributed by atoms with Crippen LogP contribution in [0.25, 0.3) is 0 Å². The molecule has 170 valence electrons. The fourth-order valence-corrected chi connectivity index (χ4v) is 5.95. The number of carbonyl (C=O) groups excluding carboxylic acids is 3. The molecule has 0 aromatic carbocycles. The molecule has 3 unspecified atom stereocenters. The van der Waals surface area contributed by atoms with Crippen LogP contribution in [-0.2, 0) is 19.1 Å². The van der Waals surface area contributed by atoms with Gasteiger partial charge < -0.3 is 25.4 Å². The van der Waals surface area contributed by atoms with Crippen molar-refractivity contribution in [1.82, 2.24) is 15.5 Å². The first-order valence-electron chi connectivity index (χ1n) is 11.5. The molecule has 0 aromatic heterocycles. The summed E-state index contributed by atoms with van der Waals surface area (Å²) in [7, 11) is 0. The highest BCUT2D eigenvalue weighted by atomic mass is 16.5. The van der Waals surface area contributed by atoms with Crippen molar-refractivity contribution < 1.29 is 24.2 Å². The SMILES string of the molecule is CCCNC(=O)[C@@H]1[C@H]2C(=O)N(CCO)C(C(=O)NC(C)CCC)C23CC[C@@]1(CC)O3. The molecule has 0 saturated carbocycles. The number of fused-ring (bicyclic) bond motifs is 1. The third kappa shape index (κ3) is 3.42. The summed E-state index contributed by atoms with van der Waals surface area (Å²) in [5.41, 5.74) is -1.72. The summed E-state index contributed by atoms with van der Waals surface area (Å²) in [6, 6.07) is -0.842. The van der Waals surface area contributed by atoms with E-state index < -0.39 is 29.1 Å². The molecule has 2 bridgehead atoms. The molecule has 8 heteroatoms. The van der Waals surface area contributed by atoms with Gasteiger partial charge in [-0.25, -0.2) is 0 Å². The molecule has 0 radical (unpaired) electrons. The lowest BCUT2D eigenvalue weighted by atomic mass is 9.65. The number of β-amino-alcohol motifs (C(OH)–C–C–N with tert-alkyl or cyclic N) is 1. The Balaban J connectivity index is 1.98. The van der Waals surface area contributed by atoms with Crippen molar-refractivity contribution in [3.63, 3.8) is 0 Å². The molecular weight excluding hydrogens is 386 g/mol. The minimum Gasteiger partial charge on any atom is -0.395 e. The summed E-state index contributed by atoms with van der Waals surface area (Å²) in [4.78, 5) is 41.5. The average Bonchev–Trinajstić information content (AvgIpc) is 3.31. The number of amides is 3. The molecule has 3 aliphatic rings. The normalized spacial score (nSPS) is 35.4. The van der Waals surface area contributed by atoms with Gasteiger partial charge in [0.25, 0.3) is 0 Å². The Hall–Kier alpha value is -1.67. The van der Waals surface area contributed by atoms with Crippen molar-refractivity contribution in [2.24, 2.45) is 11.8 Å². The van der Waals surface area contributed by atoms with Gasteiger partial charge in [-0.1, -0.05) is 27.2 Å². The van der Waals surface area contributed by atoms with E-state index >= 15 is 0 Å². The Kier molecular flexibility index (Phi) is 6.77. The largest absolute Gasteiger partial charge is 0.395 e. The molecule has 0 aromatic rings. The van der Waals surface area contributed by atoms with Crippen LogP contribution < -0.4 is 10.6 Å². The maximum atomic E-state index is 13.5. The third-order valence-corrected chi connectivity index (χ3v) is 7.21. The second kappa shape index (κ2) is 8.83. The molecule has 3 aliphatic heterocycles. The number of nitrogens with one attached hydrogen (secondary N) is 2. The van der Waals surface area contributed by atoms with Crippen molar-refractivity contribution in [3.8, 4) is 0 Å². The molecule has 0 aliphatic carbocycles. The average molecular weight is 424 g/mol. The number of carbonyl (C=O) groups is 3. The van der Waals surface area contributed by atoms with Gasteiger partial charge in [0.2, 0.25) is 17.7 Å². The fraction of sp³-hybridized carbons (Fsp3) is 0.864. The highest BCUT2D eigenvalue weighted by molar-refractivity contribution is 5.99. The van der Waals surface area contributed by atoms with Crippen molar-refractivity contribution in [1.29, 1.82) is 0 Å². The van der Waals surface area contributed by atoms with Crippen molar-refractivity contribution in [2.75, 3.05) is 19.7 Å². The van der Waals surface area contributed by atoms with E-state index in [2.05, 4.69) is 17.6 Å². The lowest BCUT2D eigenvalue weighted by Gasteiger charge is -2.34. The number of aliphatic hydroxyl groups is 1. The van der Waals surface area contributed by atoms with E-state index in [0.29, 0.717) is 25.8 Å². The molecule has 6 atom stereocenters. The number of likely N-dealkylation sites (tertiary alicyclic amines) is 1. The van der Waals surface area contributed by atoms with Gasteiger partial charge in [0.1, 0.15) is 11.6 Å². The zero-order valence-electron chi connectivity index (χ0n) is 18.7. The van der Waals surface area contributed by atoms with Crippen LogP contribution >= 0.6 is 0 Å². The van der Waals surface area contributed by atoms with Crippen LogP contribution in [0.2, 0.25) is 0 Å². The number of nitrogens with zero attached hydrogens (tertiary/aromatic N) is 1. The number of hydrogen-bond donors (Lipinski definition) is 3. The molecule has 3 heterocycles. The zero-order valence-corrected chi connectivity index (χ0v) is 18.7. The highest BCUT2D eigenvalue weighted by Gasteiger charge is 2.78. The Morgan fingerprint density at radius 1 is 1.23 bits per heavy atom. The second-order valence-electron chi connectivity index (χ2n) is 9.08. The molecule has 30 heavy (non-hydrogen) atoms. The minimum absolute atomic E-state index is 0.0218. The number of aliphatic hydroxyl groups excluding tert-OH is 1.